The Balaban J connectivity index is 1.92. The van der Waals surface area contributed by atoms with Crippen molar-refractivity contribution >= 4 is 25.1 Å². The van der Waals surface area contributed by atoms with Gasteiger partial charge in [-0.25, -0.2) is 18.6 Å². The van der Waals surface area contributed by atoms with Crippen LogP contribution in [-0.4, -0.2) is 72.0 Å². The van der Waals surface area contributed by atoms with Gasteiger partial charge in [0.25, 0.3) is 5.56 Å². The Morgan fingerprint density at radius 1 is 1.23 bits per heavy atom. The second-order valence-corrected chi connectivity index (χ2v) is 18.0. The van der Waals surface area contributed by atoms with Crippen molar-refractivity contribution in [1.29, 1.82) is 0 Å². The standard InChI is InChI=1S/C27H41F2N3O6Si/c1-18(2)36-20-10-9-19-22(24(33)32(16-30-19)17-35-13-14-39(6,7)8)23(20)37-21-11-12-31(15-27(21,28)29)25(34)38-26(3,4)5/h9-10,16,18,21H,11-15,17H2,1-8H3. The molecular weight excluding hydrogens is 528 g/mol. The Morgan fingerprint density at radius 2 is 1.92 bits per heavy atom. The highest BCUT2D eigenvalue weighted by molar-refractivity contribution is 6.76. The fraction of sp³-hybridized carbons (Fsp3) is 0.667. The first-order valence-corrected chi connectivity index (χ1v) is 17.0. The fourth-order valence-electron chi connectivity index (χ4n) is 3.98. The topological polar surface area (TPSA) is 92.1 Å². The first kappa shape index (κ1) is 30.8. The lowest BCUT2D eigenvalue weighted by atomic mass is 10.0. The lowest BCUT2D eigenvalue weighted by Crippen LogP contribution is -2.56. The molecule has 1 aliphatic heterocycles. The van der Waals surface area contributed by atoms with Crippen molar-refractivity contribution < 1.29 is 32.5 Å². The predicted molar refractivity (Wildman–Crippen MR) is 148 cm³/mol. The molecule has 0 N–H and O–H groups in total. The molecule has 0 spiro atoms. The van der Waals surface area contributed by atoms with Gasteiger partial charge in [0.05, 0.1) is 18.2 Å². The van der Waals surface area contributed by atoms with Crippen molar-refractivity contribution in [3.05, 3.63) is 28.8 Å². The summed E-state index contributed by atoms with van der Waals surface area (Å²) in [5.74, 6) is -3.34. The zero-order chi connectivity index (χ0) is 29.2. The molecule has 9 nitrogen and oxygen atoms in total. The minimum Gasteiger partial charge on any atom is -0.487 e. The van der Waals surface area contributed by atoms with Gasteiger partial charge >= 0.3 is 12.0 Å². The Hall–Kier alpha value is -2.73. The van der Waals surface area contributed by atoms with Crippen LogP contribution >= 0.6 is 0 Å². The van der Waals surface area contributed by atoms with Gasteiger partial charge in [-0.15, -0.1) is 0 Å². The molecule has 1 unspecified atom stereocenters. The van der Waals surface area contributed by atoms with E-state index in [1.165, 1.54) is 10.9 Å². The molecule has 39 heavy (non-hydrogen) atoms. The smallest absolute Gasteiger partial charge is 0.410 e. The number of carbonyl (C=O) groups is 1. The average molecular weight is 570 g/mol. The Labute approximate surface area is 229 Å². The summed E-state index contributed by atoms with van der Waals surface area (Å²) >= 11 is 0. The summed E-state index contributed by atoms with van der Waals surface area (Å²) in [6, 6.07) is 4.09. The molecule has 2 heterocycles. The second-order valence-electron chi connectivity index (χ2n) is 12.4. The maximum atomic E-state index is 15.3. The van der Waals surface area contributed by atoms with E-state index in [1.807, 2.05) is 0 Å². The molecule has 0 bridgehead atoms. The summed E-state index contributed by atoms with van der Waals surface area (Å²) in [6.07, 6.45) is -1.51. The summed E-state index contributed by atoms with van der Waals surface area (Å²) in [6.45, 7) is 14.9. The number of rotatable bonds is 9. The summed E-state index contributed by atoms with van der Waals surface area (Å²) in [5.41, 5.74) is -0.998. The van der Waals surface area contributed by atoms with Crippen molar-refractivity contribution in [1.82, 2.24) is 14.5 Å². The number of nitrogens with zero attached hydrogens (tertiary/aromatic N) is 3. The third-order valence-electron chi connectivity index (χ3n) is 5.95. The van der Waals surface area contributed by atoms with Crippen molar-refractivity contribution in [3.63, 3.8) is 0 Å². The number of fused-ring (bicyclic) bond motifs is 1. The third-order valence-corrected chi connectivity index (χ3v) is 7.65. The molecule has 218 valence electrons. The van der Waals surface area contributed by atoms with E-state index >= 15 is 8.78 Å². The van der Waals surface area contributed by atoms with E-state index in [2.05, 4.69) is 24.6 Å². The van der Waals surface area contributed by atoms with E-state index in [0.29, 0.717) is 12.1 Å². The number of hydrogen-bond acceptors (Lipinski definition) is 7. The van der Waals surface area contributed by atoms with E-state index in [-0.39, 0.29) is 42.7 Å². The van der Waals surface area contributed by atoms with Crippen LogP contribution < -0.4 is 15.0 Å². The Kier molecular flexibility index (Phi) is 9.31. The molecule has 1 aromatic heterocycles. The Morgan fingerprint density at radius 3 is 2.51 bits per heavy atom. The Bertz CT molecular complexity index is 1220. The highest BCUT2D eigenvalue weighted by atomic mass is 28.3. The number of ether oxygens (including phenoxy) is 4. The van der Waals surface area contributed by atoms with E-state index in [4.69, 9.17) is 18.9 Å². The maximum Gasteiger partial charge on any atom is 0.410 e. The van der Waals surface area contributed by atoms with Gasteiger partial charge in [0.2, 0.25) is 0 Å². The van der Waals surface area contributed by atoms with E-state index < -0.39 is 43.9 Å². The highest BCUT2D eigenvalue weighted by Gasteiger charge is 2.49. The molecule has 1 atom stereocenters. The average Bonchev–Trinajstić information content (AvgIpc) is 2.78. The molecule has 1 aliphatic rings. The number of halogens is 2. The molecule has 2 aromatic rings. The SMILES string of the molecule is CC(C)Oc1ccc2ncn(COCC[Si](C)(C)C)c(=O)c2c1OC1CCN(C(=O)OC(C)(C)C)CC1(F)F. The molecule has 0 aliphatic carbocycles. The number of alkyl halides is 2. The van der Waals surface area contributed by atoms with Crippen LogP contribution in [0.4, 0.5) is 13.6 Å². The molecule has 1 amide bonds. The summed E-state index contributed by atoms with van der Waals surface area (Å²) in [7, 11) is -1.32. The summed E-state index contributed by atoms with van der Waals surface area (Å²) < 4.78 is 54.7. The van der Waals surface area contributed by atoms with E-state index in [0.717, 1.165) is 10.9 Å². The number of aromatic nitrogens is 2. The third kappa shape index (κ3) is 8.37. The van der Waals surface area contributed by atoms with Gasteiger partial charge in [-0.2, -0.15) is 0 Å². The van der Waals surface area contributed by atoms with Gasteiger partial charge in [-0.05, 0) is 52.8 Å². The first-order valence-electron chi connectivity index (χ1n) is 13.3. The number of piperidine rings is 1. The van der Waals surface area contributed by atoms with Gasteiger partial charge in [-0.3, -0.25) is 9.36 Å². The summed E-state index contributed by atoms with van der Waals surface area (Å²) in [5, 5.41) is 0.0369. The van der Waals surface area contributed by atoms with Crippen LogP contribution in [0.2, 0.25) is 25.7 Å². The quantitative estimate of drug-likeness (QED) is 0.290. The molecule has 3 rings (SSSR count). The lowest BCUT2D eigenvalue weighted by molar-refractivity contribution is -0.137. The number of hydrogen-bond donors (Lipinski definition) is 0. The monoisotopic (exact) mass is 569 g/mol. The van der Waals surface area contributed by atoms with Crippen molar-refractivity contribution in [2.75, 3.05) is 19.7 Å². The fourth-order valence-corrected chi connectivity index (χ4v) is 4.74. The van der Waals surface area contributed by atoms with Crippen LogP contribution in [-0.2, 0) is 16.2 Å². The predicted octanol–water partition coefficient (Wildman–Crippen LogP) is 5.52. The zero-order valence-corrected chi connectivity index (χ0v) is 25.2. The number of likely N-dealkylation sites (tertiary alicyclic amines) is 1. The lowest BCUT2D eigenvalue weighted by Gasteiger charge is -2.38. The molecule has 1 fully saturated rings. The number of amides is 1. The summed E-state index contributed by atoms with van der Waals surface area (Å²) in [4.78, 5) is 31.3. The number of benzene rings is 1. The first-order chi connectivity index (χ1) is 18.0. The van der Waals surface area contributed by atoms with Gasteiger partial charge in [0.1, 0.15) is 24.0 Å². The minimum absolute atomic E-state index is 0.00766. The van der Waals surface area contributed by atoms with Gasteiger partial charge in [0, 0.05) is 27.6 Å². The number of carbonyl (C=O) groups excluding carboxylic acids is 1. The van der Waals surface area contributed by atoms with Crippen molar-refractivity contribution in [2.45, 2.75) is 97.2 Å². The molecule has 0 radical (unpaired) electrons. The van der Waals surface area contributed by atoms with Gasteiger partial charge < -0.3 is 23.8 Å². The molecule has 12 heteroatoms. The minimum atomic E-state index is -3.41. The zero-order valence-electron chi connectivity index (χ0n) is 24.2. The van der Waals surface area contributed by atoms with Crippen molar-refractivity contribution in [2.24, 2.45) is 0 Å². The molecular formula is C27H41F2N3O6Si. The maximum absolute atomic E-state index is 15.3. The van der Waals surface area contributed by atoms with Crippen LogP contribution in [0.15, 0.2) is 23.3 Å². The molecule has 0 saturated carbocycles. The van der Waals surface area contributed by atoms with Crippen LogP contribution in [0.5, 0.6) is 11.5 Å². The van der Waals surface area contributed by atoms with Crippen LogP contribution in [0.3, 0.4) is 0 Å². The normalized spacial score (nSPS) is 17.9. The molecule has 1 aromatic carbocycles. The largest absolute Gasteiger partial charge is 0.487 e. The van der Waals surface area contributed by atoms with Gasteiger partial charge in [-0.1, -0.05) is 19.6 Å². The molecule has 1 saturated heterocycles. The van der Waals surface area contributed by atoms with Gasteiger partial charge in [0.15, 0.2) is 17.6 Å². The van der Waals surface area contributed by atoms with Crippen LogP contribution in [0.1, 0.15) is 41.0 Å². The van der Waals surface area contributed by atoms with Crippen LogP contribution in [0.25, 0.3) is 10.9 Å². The van der Waals surface area contributed by atoms with Crippen molar-refractivity contribution in [3.8, 4) is 11.5 Å². The van der Waals surface area contributed by atoms with Crippen LogP contribution in [0, 0.1) is 0 Å². The second kappa shape index (κ2) is 11.8. The van der Waals surface area contributed by atoms with E-state index in [1.54, 1.807) is 46.8 Å². The highest BCUT2D eigenvalue weighted by Crippen LogP contribution is 2.39. The van der Waals surface area contributed by atoms with E-state index in [9.17, 15) is 9.59 Å².